The third-order valence-electron chi connectivity index (χ3n) is 4.20. The molecule has 3 heterocycles. The fraction of sp³-hybridized carbons (Fsp3) is 0.474. The van der Waals surface area contributed by atoms with E-state index in [0.29, 0.717) is 36.8 Å². The zero-order valence-corrected chi connectivity index (χ0v) is 16.3. The van der Waals surface area contributed by atoms with E-state index >= 15 is 0 Å². The van der Waals surface area contributed by atoms with Crippen molar-refractivity contribution in [1.82, 2.24) is 24.5 Å². The molecule has 0 aliphatic rings. The molecule has 9 heteroatoms. The lowest BCUT2D eigenvalue weighted by atomic mass is 10.3. The van der Waals surface area contributed by atoms with Crippen LogP contribution in [0.5, 0.6) is 17.9 Å². The fourth-order valence-electron chi connectivity index (χ4n) is 2.60. The zero-order valence-electron chi connectivity index (χ0n) is 16.3. The summed E-state index contributed by atoms with van der Waals surface area (Å²) < 4.78 is 12.7. The molecule has 3 aromatic heterocycles. The van der Waals surface area contributed by atoms with E-state index in [-0.39, 0.29) is 17.8 Å². The minimum absolute atomic E-state index is 0.170. The molecule has 3 N–H and O–H groups in total. The summed E-state index contributed by atoms with van der Waals surface area (Å²) in [5.74, 6) is 0.749. The Labute approximate surface area is 163 Å². The summed E-state index contributed by atoms with van der Waals surface area (Å²) >= 11 is 0. The van der Waals surface area contributed by atoms with E-state index in [1.807, 2.05) is 12.1 Å². The van der Waals surface area contributed by atoms with Crippen LogP contribution in [0.3, 0.4) is 0 Å². The molecule has 150 valence electrons. The van der Waals surface area contributed by atoms with Gasteiger partial charge in [-0.25, -0.2) is 4.98 Å². The Kier molecular flexibility index (Phi) is 6.46. The third-order valence-corrected chi connectivity index (χ3v) is 4.20. The van der Waals surface area contributed by atoms with Crippen molar-refractivity contribution in [2.75, 3.05) is 18.9 Å². The van der Waals surface area contributed by atoms with Gasteiger partial charge >= 0.3 is 6.01 Å². The molecule has 0 spiro atoms. The van der Waals surface area contributed by atoms with Crippen LogP contribution in [-0.2, 0) is 6.54 Å². The first-order chi connectivity index (χ1) is 13.6. The molecule has 3 aromatic rings. The number of anilines is 1. The van der Waals surface area contributed by atoms with Gasteiger partial charge in [0, 0.05) is 12.3 Å². The number of aromatic hydroxyl groups is 1. The van der Waals surface area contributed by atoms with Crippen LogP contribution in [0.15, 0.2) is 18.3 Å². The summed E-state index contributed by atoms with van der Waals surface area (Å²) in [4.78, 5) is 16.9. The SMILES string of the molecule is CCCCOc1ccc(Cn2c(O)nc3c(N)nc(OCCCC)nc32)cn1. The van der Waals surface area contributed by atoms with Crippen molar-refractivity contribution < 1.29 is 14.6 Å². The normalized spacial score (nSPS) is 11.1. The van der Waals surface area contributed by atoms with Gasteiger partial charge in [0.25, 0.3) is 6.01 Å². The second-order valence-corrected chi connectivity index (χ2v) is 6.47. The van der Waals surface area contributed by atoms with Crippen molar-refractivity contribution in [1.29, 1.82) is 0 Å². The van der Waals surface area contributed by atoms with E-state index in [1.165, 1.54) is 0 Å². The van der Waals surface area contributed by atoms with Crippen LogP contribution in [0.1, 0.15) is 45.1 Å². The number of hydrogen-bond acceptors (Lipinski definition) is 8. The Morgan fingerprint density at radius 2 is 1.79 bits per heavy atom. The molecule has 0 saturated heterocycles. The van der Waals surface area contributed by atoms with E-state index in [1.54, 1.807) is 10.8 Å². The zero-order chi connectivity index (χ0) is 19.9. The van der Waals surface area contributed by atoms with Gasteiger partial charge < -0.3 is 20.3 Å². The maximum absolute atomic E-state index is 10.3. The van der Waals surface area contributed by atoms with Crippen LogP contribution >= 0.6 is 0 Å². The summed E-state index contributed by atoms with van der Waals surface area (Å²) in [7, 11) is 0. The topological polar surface area (TPSA) is 121 Å². The summed E-state index contributed by atoms with van der Waals surface area (Å²) in [5.41, 5.74) is 7.59. The highest BCUT2D eigenvalue weighted by molar-refractivity contribution is 5.83. The van der Waals surface area contributed by atoms with E-state index in [2.05, 4.69) is 33.8 Å². The molecule has 28 heavy (non-hydrogen) atoms. The molecule has 0 fully saturated rings. The lowest BCUT2D eigenvalue weighted by Gasteiger charge is -2.08. The van der Waals surface area contributed by atoms with Crippen molar-refractivity contribution in [2.45, 2.75) is 46.1 Å². The van der Waals surface area contributed by atoms with Crippen LogP contribution in [0, 0.1) is 0 Å². The number of ether oxygens (including phenoxy) is 2. The third kappa shape index (κ3) is 4.59. The Balaban J connectivity index is 1.80. The summed E-state index contributed by atoms with van der Waals surface area (Å²) in [5, 5.41) is 10.3. The van der Waals surface area contributed by atoms with Crippen molar-refractivity contribution in [3.05, 3.63) is 23.9 Å². The van der Waals surface area contributed by atoms with E-state index in [0.717, 1.165) is 31.2 Å². The second-order valence-electron chi connectivity index (χ2n) is 6.47. The highest BCUT2D eigenvalue weighted by atomic mass is 16.5. The Hall–Kier alpha value is -3.10. The Morgan fingerprint density at radius 1 is 1.04 bits per heavy atom. The van der Waals surface area contributed by atoms with Gasteiger partial charge in [0.2, 0.25) is 5.88 Å². The number of nitrogens with zero attached hydrogens (tertiary/aromatic N) is 5. The number of rotatable bonds is 10. The number of hydrogen-bond donors (Lipinski definition) is 2. The van der Waals surface area contributed by atoms with E-state index in [4.69, 9.17) is 15.2 Å². The molecule has 0 aliphatic carbocycles. The van der Waals surface area contributed by atoms with Crippen molar-refractivity contribution in [2.24, 2.45) is 0 Å². The van der Waals surface area contributed by atoms with Crippen LogP contribution in [0.2, 0.25) is 0 Å². The molecule has 0 bridgehead atoms. The molecule has 0 unspecified atom stereocenters. The molecule has 0 atom stereocenters. The average Bonchev–Trinajstić information content (AvgIpc) is 3.00. The van der Waals surface area contributed by atoms with Crippen molar-refractivity contribution in [3.8, 4) is 17.9 Å². The van der Waals surface area contributed by atoms with Gasteiger partial charge in [0.05, 0.1) is 19.8 Å². The number of imidazole rings is 1. The minimum Gasteiger partial charge on any atom is -0.480 e. The van der Waals surface area contributed by atoms with Gasteiger partial charge in [-0.3, -0.25) is 4.57 Å². The molecule has 0 saturated carbocycles. The van der Waals surface area contributed by atoms with Gasteiger partial charge in [0.1, 0.15) is 0 Å². The number of pyridine rings is 1. The lowest BCUT2D eigenvalue weighted by molar-refractivity contribution is 0.286. The van der Waals surface area contributed by atoms with Crippen LogP contribution in [-0.4, -0.2) is 42.8 Å². The molecular formula is C19H26N6O3. The smallest absolute Gasteiger partial charge is 0.320 e. The lowest BCUT2D eigenvalue weighted by Crippen LogP contribution is -2.06. The van der Waals surface area contributed by atoms with Gasteiger partial charge in [-0.2, -0.15) is 15.0 Å². The van der Waals surface area contributed by atoms with Gasteiger partial charge in [-0.05, 0) is 18.4 Å². The number of aromatic nitrogens is 5. The molecule has 0 amide bonds. The number of nitrogens with two attached hydrogens (primary N) is 1. The highest BCUT2D eigenvalue weighted by Crippen LogP contribution is 2.26. The van der Waals surface area contributed by atoms with E-state index < -0.39 is 0 Å². The average molecular weight is 386 g/mol. The maximum Gasteiger partial charge on any atom is 0.320 e. The minimum atomic E-state index is -0.190. The number of nitrogen functional groups attached to an aromatic ring is 1. The summed E-state index contributed by atoms with van der Waals surface area (Å²) in [6, 6.07) is 3.69. The highest BCUT2D eigenvalue weighted by Gasteiger charge is 2.17. The number of fused-ring (bicyclic) bond motifs is 1. The van der Waals surface area contributed by atoms with Gasteiger partial charge in [-0.1, -0.05) is 32.8 Å². The Bertz CT molecular complexity index is 910. The van der Waals surface area contributed by atoms with Gasteiger partial charge in [0.15, 0.2) is 17.0 Å². The first-order valence-corrected chi connectivity index (χ1v) is 9.55. The molecule has 9 nitrogen and oxygen atoms in total. The number of unbranched alkanes of at least 4 members (excludes halogenated alkanes) is 2. The second kappa shape index (κ2) is 9.20. The molecule has 3 rings (SSSR count). The van der Waals surface area contributed by atoms with Crippen LogP contribution < -0.4 is 15.2 Å². The first-order valence-electron chi connectivity index (χ1n) is 9.55. The van der Waals surface area contributed by atoms with Crippen molar-refractivity contribution in [3.63, 3.8) is 0 Å². The quantitative estimate of drug-likeness (QED) is 0.510. The molecule has 0 radical (unpaired) electrons. The molecule has 0 aromatic carbocycles. The first kappa shape index (κ1) is 19.7. The van der Waals surface area contributed by atoms with Gasteiger partial charge in [-0.15, -0.1) is 0 Å². The van der Waals surface area contributed by atoms with Crippen molar-refractivity contribution >= 4 is 17.0 Å². The predicted octanol–water partition coefficient (Wildman–Crippen LogP) is 2.92. The predicted molar refractivity (Wildman–Crippen MR) is 106 cm³/mol. The Morgan fingerprint density at radius 3 is 2.46 bits per heavy atom. The standard InChI is InChI=1S/C19H26N6O3/c1-3-5-9-27-14-8-7-13(11-21-14)12-25-17-15(22-19(25)26)16(20)23-18(24-17)28-10-6-4-2/h7-8,11H,3-6,9-10,12H2,1-2H3,(H,22,26)(H2,20,23,24). The molecule has 0 aliphatic heterocycles. The fourth-order valence-corrected chi connectivity index (χ4v) is 2.60. The summed E-state index contributed by atoms with van der Waals surface area (Å²) in [6.07, 6.45) is 5.66. The van der Waals surface area contributed by atoms with E-state index in [9.17, 15) is 5.11 Å². The van der Waals surface area contributed by atoms with Crippen LogP contribution in [0.4, 0.5) is 5.82 Å². The summed E-state index contributed by atoms with van der Waals surface area (Å²) in [6.45, 7) is 5.66. The van der Waals surface area contributed by atoms with Crippen LogP contribution in [0.25, 0.3) is 11.2 Å². The monoisotopic (exact) mass is 386 g/mol. The maximum atomic E-state index is 10.3. The molecular weight excluding hydrogens is 360 g/mol. The largest absolute Gasteiger partial charge is 0.480 e.